The first kappa shape index (κ1) is 13.7. The highest BCUT2D eigenvalue weighted by Crippen LogP contribution is 2.33. The van der Waals surface area contributed by atoms with Crippen LogP contribution in [0.15, 0.2) is 30.5 Å². The summed E-state index contributed by atoms with van der Waals surface area (Å²) in [6.45, 7) is 4.18. The van der Waals surface area contributed by atoms with Crippen LogP contribution in [0.25, 0.3) is 0 Å². The number of benzene rings is 1. The van der Waals surface area contributed by atoms with E-state index in [9.17, 15) is 4.79 Å². The van der Waals surface area contributed by atoms with E-state index in [1.165, 1.54) is 0 Å². The molecule has 0 spiro atoms. The Balaban J connectivity index is 2.21. The number of ether oxygens (including phenoxy) is 1. The minimum absolute atomic E-state index is 0.0290. The number of carbonyl (C=O) groups excluding carboxylic acids is 1. The predicted octanol–water partition coefficient (Wildman–Crippen LogP) is 3.05. The summed E-state index contributed by atoms with van der Waals surface area (Å²) in [5.41, 5.74) is 1.74. The van der Waals surface area contributed by atoms with E-state index in [0.29, 0.717) is 0 Å². The highest BCUT2D eigenvalue weighted by atomic mass is 16.5. The molecule has 0 aliphatic carbocycles. The highest BCUT2D eigenvalue weighted by Gasteiger charge is 2.26. The fourth-order valence-electron chi connectivity index (χ4n) is 2.13. The molecule has 19 heavy (non-hydrogen) atoms. The SMILES string of the molecule is CN(C)C=CC(=O)c1ccc2c(c1)CCC(C)(C)O2. The fraction of sp³-hybridized carbons (Fsp3) is 0.438. The van der Waals surface area contributed by atoms with Crippen LogP contribution in [0.4, 0.5) is 0 Å². The summed E-state index contributed by atoms with van der Waals surface area (Å²) in [5.74, 6) is 0.936. The van der Waals surface area contributed by atoms with Gasteiger partial charge in [-0.2, -0.15) is 0 Å². The van der Waals surface area contributed by atoms with Crippen molar-refractivity contribution in [3.8, 4) is 5.75 Å². The number of hydrogen-bond acceptors (Lipinski definition) is 3. The molecule has 2 rings (SSSR count). The Kier molecular flexibility index (Phi) is 3.65. The zero-order valence-corrected chi connectivity index (χ0v) is 12.1. The third-order valence-electron chi connectivity index (χ3n) is 3.25. The van der Waals surface area contributed by atoms with E-state index in [0.717, 1.165) is 29.7 Å². The molecular formula is C16H21NO2. The third-order valence-corrected chi connectivity index (χ3v) is 3.25. The van der Waals surface area contributed by atoms with Crippen molar-refractivity contribution >= 4 is 5.78 Å². The second kappa shape index (κ2) is 5.08. The molecule has 0 fully saturated rings. The van der Waals surface area contributed by atoms with Gasteiger partial charge in [0.2, 0.25) is 0 Å². The van der Waals surface area contributed by atoms with Crippen molar-refractivity contribution in [2.75, 3.05) is 14.1 Å². The van der Waals surface area contributed by atoms with Crippen LogP contribution in [-0.4, -0.2) is 30.4 Å². The molecule has 0 N–H and O–H groups in total. The molecular weight excluding hydrogens is 238 g/mol. The molecule has 0 radical (unpaired) electrons. The molecule has 1 aromatic carbocycles. The van der Waals surface area contributed by atoms with Gasteiger partial charge < -0.3 is 9.64 Å². The van der Waals surface area contributed by atoms with E-state index in [1.807, 2.05) is 37.2 Å². The number of rotatable bonds is 3. The van der Waals surface area contributed by atoms with Gasteiger partial charge in [-0.15, -0.1) is 0 Å². The van der Waals surface area contributed by atoms with Crippen molar-refractivity contribution in [3.63, 3.8) is 0 Å². The van der Waals surface area contributed by atoms with Crippen LogP contribution in [0.1, 0.15) is 36.2 Å². The van der Waals surface area contributed by atoms with Crippen molar-refractivity contribution < 1.29 is 9.53 Å². The van der Waals surface area contributed by atoms with Gasteiger partial charge in [-0.25, -0.2) is 0 Å². The van der Waals surface area contributed by atoms with Crippen LogP contribution >= 0.6 is 0 Å². The van der Waals surface area contributed by atoms with E-state index < -0.39 is 0 Å². The highest BCUT2D eigenvalue weighted by molar-refractivity contribution is 6.04. The van der Waals surface area contributed by atoms with Crippen LogP contribution in [0, 0.1) is 0 Å². The number of hydrogen-bond donors (Lipinski definition) is 0. The molecule has 1 aromatic rings. The first-order chi connectivity index (χ1) is 8.87. The number of ketones is 1. The van der Waals surface area contributed by atoms with Crippen molar-refractivity contribution in [2.24, 2.45) is 0 Å². The Bertz CT molecular complexity index is 515. The fourth-order valence-corrected chi connectivity index (χ4v) is 2.13. The minimum Gasteiger partial charge on any atom is -0.488 e. The molecule has 0 saturated carbocycles. The number of carbonyl (C=O) groups is 1. The van der Waals surface area contributed by atoms with Gasteiger partial charge in [0, 0.05) is 31.9 Å². The lowest BCUT2D eigenvalue weighted by atomic mass is 9.93. The maximum atomic E-state index is 12.0. The molecule has 1 heterocycles. The molecule has 102 valence electrons. The van der Waals surface area contributed by atoms with Gasteiger partial charge in [-0.1, -0.05) is 0 Å². The summed E-state index contributed by atoms with van der Waals surface area (Å²) < 4.78 is 5.91. The molecule has 3 nitrogen and oxygen atoms in total. The Hall–Kier alpha value is -1.77. The van der Waals surface area contributed by atoms with Crippen LogP contribution in [-0.2, 0) is 6.42 Å². The van der Waals surface area contributed by atoms with Crippen molar-refractivity contribution in [1.82, 2.24) is 4.90 Å². The summed E-state index contributed by atoms with van der Waals surface area (Å²) in [4.78, 5) is 13.9. The number of fused-ring (bicyclic) bond motifs is 1. The zero-order valence-electron chi connectivity index (χ0n) is 12.1. The summed E-state index contributed by atoms with van der Waals surface area (Å²) >= 11 is 0. The van der Waals surface area contributed by atoms with Gasteiger partial charge in [-0.3, -0.25) is 4.79 Å². The van der Waals surface area contributed by atoms with Crippen LogP contribution < -0.4 is 4.74 Å². The average Bonchev–Trinajstić information content (AvgIpc) is 2.34. The maximum Gasteiger partial charge on any atom is 0.187 e. The van der Waals surface area contributed by atoms with Crippen LogP contribution in [0.3, 0.4) is 0 Å². The maximum absolute atomic E-state index is 12.0. The molecule has 1 aliphatic heterocycles. The van der Waals surface area contributed by atoms with Gasteiger partial charge in [0.05, 0.1) is 0 Å². The molecule has 0 aromatic heterocycles. The van der Waals surface area contributed by atoms with Crippen molar-refractivity contribution in [1.29, 1.82) is 0 Å². The first-order valence-corrected chi connectivity index (χ1v) is 6.58. The van der Waals surface area contributed by atoms with E-state index in [4.69, 9.17) is 4.74 Å². The zero-order chi connectivity index (χ0) is 14.0. The predicted molar refractivity (Wildman–Crippen MR) is 76.6 cm³/mol. The minimum atomic E-state index is -0.108. The molecule has 0 bridgehead atoms. The Labute approximate surface area is 114 Å². The Morgan fingerprint density at radius 3 is 2.79 bits per heavy atom. The quantitative estimate of drug-likeness (QED) is 0.617. The lowest BCUT2D eigenvalue weighted by molar-refractivity contribution is 0.0846. The molecule has 0 atom stereocenters. The van der Waals surface area contributed by atoms with Gasteiger partial charge in [-0.05, 0) is 50.5 Å². The second-order valence-electron chi connectivity index (χ2n) is 5.83. The Morgan fingerprint density at radius 2 is 2.11 bits per heavy atom. The Morgan fingerprint density at radius 1 is 1.37 bits per heavy atom. The number of allylic oxidation sites excluding steroid dienone is 1. The summed E-state index contributed by atoms with van der Waals surface area (Å²) in [6, 6.07) is 5.70. The molecule has 3 heteroatoms. The summed E-state index contributed by atoms with van der Waals surface area (Å²) in [6.07, 6.45) is 5.29. The van der Waals surface area contributed by atoms with Gasteiger partial charge in [0.25, 0.3) is 0 Å². The summed E-state index contributed by atoms with van der Waals surface area (Å²) in [5, 5.41) is 0. The third kappa shape index (κ3) is 3.37. The van der Waals surface area contributed by atoms with Crippen molar-refractivity contribution in [2.45, 2.75) is 32.3 Å². The normalized spacial score (nSPS) is 16.8. The largest absolute Gasteiger partial charge is 0.488 e. The monoisotopic (exact) mass is 259 g/mol. The second-order valence-corrected chi connectivity index (χ2v) is 5.83. The standard InChI is InChI=1S/C16H21NO2/c1-16(2)9-7-13-11-12(5-6-15(13)19-16)14(18)8-10-17(3)4/h5-6,8,10-11H,7,9H2,1-4H3. The lowest BCUT2D eigenvalue weighted by Crippen LogP contribution is -2.32. The van der Waals surface area contributed by atoms with Gasteiger partial charge in [0.1, 0.15) is 11.4 Å². The van der Waals surface area contributed by atoms with Crippen LogP contribution in [0.2, 0.25) is 0 Å². The summed E-state index contributed by atoms with van der Waals surface area (Å²) in [7, 11) is 3.79. The molecule has 0 amide bonds. The lowest BCUT2D eigenvalue weighted by Gasteiger charge is -2.32. The smallest absolute Gasteiger partial charge is 0.187 e. The van der Waals surface area contributed by atoms with E-state index >= 15 is 0 Å². The van der Waals surface area contributed by atoms with Gasteiger partial charge in [0.15, 0.2) is 5.78 Å². The van der Waals surface area contributed by atoms with Gasteiger partial charge >= 0.3 is 0 Å². The first-order valence-electron chi connectivity index (χ1n) is 6.58. The number of aryl methyl sites for hydroxylation is 1. The average molecular weight is 259 g/mol. The molecule has 0 saturated heterocycles. The van der Waals surface area contributed by atoms with E-state index in [2.05, 4.69) is 13.8 Å². The molecule has 0 unspecified atom stereocenters. The molecule has 1 aliphatic rings. The number of nitrogens with zero attached hydrogens (tertiary/aromatic N) is 1. The van der Waals surface area contributed by atoms with E-state index in [-0.39, 0.29) is 11.4 Å². The topological polar surface area (TPSA) is 29.5 Å². The van der Waals surface area contributed by atoms with Crippen LogP contribution in [0.5, 0.6) is 5.75 Å². The van der Waals surface area contributed by atoms with Crippen molar-refractivity contribution in [3.05, 3.63) is 41.6 Å². The van der Waals surface area contributed by atoms with E-state index in [1.54, 1.807) is 12.3 Å².